The number of rotatable bonds is 11. The molecule has 2 atom stereocenters. The molecule has 2 aromatic carbocycles. The molecule has 12 heteroatoms. The smallest absolute Gasteiger partial charge is 0.484 e. The average molecular weight is 550 g/mol. The van der Waals surface area contributed by atoms with Gasteiger partial charge in [0.25, 0.3) is 11.8 Å². The largest absolute Gasteiger partial charge is 0.573 e. The Morgan fingerprint density at radius 3 is 2.50 bits per heavy atom. The van der Waals surface area contributed by atoms with Crippen LogP contribution in [0.1, 0.15) is 40.3 Å². The van der Waals surface area contributed by atoms with Crippen LogP contribution in [-0.4, -0.2) is 41.9 Å². The summed E-state index contributed by atoms with van der Waals surface area (Å²) in [5, 5.41) is 7.83. The number of aromatic nitrogens is 1. The van der Waals surface area contributed by atoms with Gasteiger partial charge in [0.1, 0.15) is 22.2 Å². The lowest BCUT2D eigenvalue weighted by Crippen LogP contribution is -2.41. The van der Waals surface area contributed by atoms with Gasteiger partial charge in [-0.05, 0) is 49.1 Å². The highest BCUT2D eigenvalue weighted by molar-refractivity contribution is 7.09. The van der Waals surface area contributed by atoms with Gasteiger partial charge in [-0.2, -0.15) is 0 Å². The molecule has 2 amide bonds. The van der Waals surface area contributed by atoms with Crippen LogP contribution < -0.4 is 20.1 Å². The first-order chi connectivity index (χ1) is 18.2. The molecule has 0 spiro atoms. The Kier molecular flexibility index (Phi) is 9.19. The number of halogens is 3. The number of thiazole rings is 1. The molecule has 0 saturated heterocycles. The molecule has 3 aromatic rings. The minimum Gasteiger partial charge on any atom is -0.484 e. The van der Waals surface area contributed by atoms with E-state index in [9.17, 15) is 22.8 Å². The van der Waals surface area contributed by atoms with Crippen LogP contribution in [0.4, 0.5) is 13.2 Å². The molecule has 0 aliphatic heterocycles. The lowest BCUT2D eigenvalue weighted by molar-refractivity contribution is -0.274. The van der Waals surface area contributed by atoms with E-state index in [0.717, 1.165) is 37.0 Å². The second kappa shape index (κ2) is 12.7. The fourth-order valence-electron chi connectivity index (χ4n) is 3.92. The van der Waals surface area contributed by atoms with E-state index in [1.807, 2.05) is 30.3 Å². The van der Waals surface area contributed by atoms with Crippen molar-refractivity contribution in [2.45, 2.75) is 50.9 Å². The normalized spacial score (nSPS) is 17.1. The highest BCUT2D eigenvalue weighted by atomic mass is 32.1. The number of hydrogen-bond acceptors (Lipinski definition) is 7. The van der Waals surface area contributed by atoms with Crippen molar-refractivity contribution in [3.8, 4) is 11.5 Å². The van der Waals surface area contributed by atoms with Crippen molar-refractivity contribution < 1.29 is 37.0 Å². The Morgan fingerprint density at radius 2 is 1.76 bits per heavy atom. The van der Waals surface area contributed by atoms with E-state index in [0.29, 0.717) is 11.6 Å². The van der Waals surface area contributed by atoms with E-state index in [4.69, 9.17) is 9.47 Å². The summed E-state index contributed by atoms with van der Waals surface area (Å²) in [4.78, 5) is 29.1. The zero-order valence-corrected chi connectivity index (χ0v) is 21.0. The van der Waals surface area contributed by atoms with E-state index in [-0.39, 0.29) is 48.4 Å². The van der Waals surface area contributed by atoms with E-state index < -0.39 is 12.3 Å². The Bertz CT molecular complexity index is 1200. The zero-order valence-electron chi connectivity index (χ0n) is 20.2. The molecule has 1 aromatic heterocycles. The quantitative estimate of drug-likeness (QED) is 0.363. The topological polar surface area (TPSA) is 98.8 Å². The van der Waals surface area contributed by atoms with Gasteiger partial charge in [-0.1, -0.05) is 30.3 Å². The van der Waals surface area contributed by atoms with Crippen LogP contribution in [0, 0.1) is 0 Å². The standard InChI is InChI=1S/C26H26F3N3O5S/c27-26(28,29)37-19-11-9-18(10-12-19)35-15-23(33)30-13-24-31-21(16-38-24)25(34)32-20-7-4-8-22(20)36-14-17-5-2-1-3-6-17/h1-3,5-6,9-12,16,20,22H,4,7-8,13-15H2,(H,30,33)(H,32,34)/t20-,22-/m0/s1. The minimum atomic E-state index is -4.78. The SMILES string of the molecule is O=C(COc1ccc(OC(F)(F)F)cc1)NCc1nc(C(=O)N[C@H]2CCC[C@@H]2OCc2ccccc2)cs1. The third-order valence-electron chi connectivity index (χ3n) is 5.72. The third kappa shape index (κ3) is 8.45. The second-order valence-corrected chi connectivity index (χ2v) is 9.50. The average Bonchev–Trinajstić information content (AvgIpc) is 3.55. The van der Waals surface area contributed by atoms with Crippen molar-refractivity contribution in [1.29, 1.82) is 0 Å². The van der Waals surface area contributed by atoms with Crippen molar-refractivity contribution in [2.75, 3.05) is 6.61 Å². The van der Waals surface area contributed by atoms with Gasteiger partial charge < -0.3 is 24.8 Å². The number of carbonyl (C=O) groups is 2. The number of carbonyl (C=O) groups excluding carboxylic acids is 2. The van der Waals surface area contributed by atoms with Crippen LogP contribution in [0.5, 0.6) is 11.5 Å². The van der Waals surface area contributed by atoms with Gasteiger partial charge in [-0.15, -0.1) is 24.5 Å². The molecule has 4 rings (SSSR count). The summed E-state index contributed by atoms with van der Waals surface area (Å²) in [5.74, 6) is -0.923. The summed E-state index contributed by atoms with van der Waals surface area (Å²) in [5.41, 5.74) is 1.35. The number of benzene rings is 2. The van der Waals surface area contributed by atoms with Gasteiger partial charge in [0.15, 0.2) is 6.61 Å². The van der Waals surface area contributed by atoms with Crippen molar-refractivity contribution in [3.63, 3.8) is 0 Å². The molecule has 1 fully saturated rings. The number of hydrogen-bond donors (Lipinski definition) is 2. The van der Waals surface area contributed by atoms with Crippen molar-refractivity contribution >= 4 is 23.2 Å². The van der Waals surface area contributed by atoms with Crippen LogP contribution in [0.3, 0.4) is 0 Å². The Labute approximate surface area is 221 Å². The van der Waals surface area contributed by atoms with Gasteiger partial charge in [0.05, 0.1) is 25.3 Å². The monoisotopic (exact) mass is 549 g/mol. The van der Waals surface area contributed by atoms with Crippen molar-refractivity contribution in [1.82, 2.24) is 15.6 Å². The summed E-state index contributed by atoms with van der Waals surface area (Å²) >= 11 is 1.24. The second-order valence-electron chi connectivity index (χ2n) is 8.56. The first-order valence-corrected chi connectivity index (χ1v) is 12.8. The first kappa shape index (κ1) is 27.4. The number of nitrogens with one attached hydrogen (secondary N) is 2. The van der Waals surface area contributed by atoms with Gasteiger partial charge in [-0.3, -0.25) is 9.59 Å². The highest BCUT2D eigenvalue weighted by Crippen LogP contribution is 2.25. The van der Waals surface area contributed by atoms with Crippen molar-refractivity contribution in [2.24, 2.45) is 0 Å². The van der Waals surface area contributed by atoms with Crippen LogP contribution in [0.15, 0.2) is 60.0 Å². The Morgan fingerprint density at radius 1 is 1.03 bits per heavy atom. The number of alkyl halides is 3. The molecule has 1 aliphatic rings. The summed E-state index contributed by atoms with van der Waals surface area (Å²) < 4.78 is 51.8. The maximum atomic E-state index is 12.7. The molecule has 0 bridgehead atoms. The zero-order chi connectivity index (χ0) is 27.0. The molecular weight excluding hydrogens is 523 g/mol. The van der Waals surface area contributed by atoms with Crippen LogP contribution in [-0.2, 0) is 22.7 Å². The molecule has 38 heavy (non-hydrogen) atoms. The Balaban J connectivity index is 1.18. The lowest BCUT2D eigenvalue weighted by Gasteiger charge is -2.21. The predicted octanol–water partition coefficient (Wildman–Crippen LogP) is 4.60. The molecule has 0 unspecified atom stereocenters. The maximum Gasteiger partial charge on any atom is 0.573 e. The van der Waals surface area contributed by atoms with Crippen LogP contribution in [0.25, 0.3) is 0 Å². The number of nitrogens with zero attached hydrogens (tertiary/aromatic N) is 1. The summed E-state index contributed by atoms with van der Waals surface area (Å²) in [7, 11) is 0. The lowest BCUT2D eigenvalue weighted by atomic mass is 10.2. The van der Waals surface area contributed by atoms with Crippen LogP contribution in [0.2, 0.25) is 0 Å². The summed E-state index contributed by atoms with van der Waals surface area (Å²) in [6, 6.07) is 14.5. The maximum absolute atomic E-state index is 12.7. The summed E-state index contributed by atoms with van der Waals surface area (Å²) in [6.45, 7) is 0.245. The molecule has 1 heterocycles. The molecular formula is C26H26F3N3O5S. The van der Waals surface area contributed by atoms with Gasteiger partial charge in [-0.25, -0.2) is 4.98 Å². The molecule has 8 nitrogen and oxygen atoms in total. The first-order valence-electron chi connectivity index (χ1n) is 11.9. The van der Waals surface area contributed by atoms with Crippen molar-refractivity contribution in [3.05, 3.63) is 76.2 Å². The fourth-order valence-corrected chi connectivity index (χ4v) is 4.63. The molecule has 202 valence electrons. The predicted molar refractivity (Wildman–Crippen MR) is 133 cm³/mol. The van der Waals surface area contributed by atoms with Gasteiger partial charge >= 0.3 is 6.36 Å². The van der Waals surface area contributed by atoms with Crippen LogP contribution >= 0.6 is 11.3 Å². The molecule has 1 aliphatic carbocycles. The fraction of sp³-hybridized carbons (Fsp3) is 0.346. The van der Waals surface area contributed by atoms with E-state index in [1.165, 1.54) is 23.5 Å². The minimum absolute atomic E-state index is 0.0649. The Hall–Kier alpha value is -3.64. The van der Waals surface area contributed by atoms with E-state index in [1.54, 1.807) is 5.38 Å². The molecule has 1 saturated carbocycles. The van der Waals surface area contributed by atoms with Gasteiger partial charge in [0.2, 0.25) is 0 Å². The molecule has 0 radical (unpaired) electrons. The number of ether oxygens (including phenoxy) is 3. The highest BCUT2D eigenvalue weighted by Gasteiger charge is 2.31. The number of amides is 2. The molecule has 2 N–H and O–H groups in total. The summed E-state index contributed by atoms with van der Waals surface area (Å²) in [6.07, 6.45) is -2.18. The van der Waals surface area contributed by atoms with Gasteiger partial charge in [0, 0.05) is 5.38 Å². The van der Waals surface area contributed by atoms with E-state index in [2.05, 4.69) is 20.4 Å². The van der Waals surface area contributed by atoms with E-state index >= 15 is 0 Å². The third-order valence-corrected chi connectivity index (χ3v) is 6.57.